The van der Waals surface area contributed by atoms with Crippen LogP contribution in [0.15, 0.2) is 54.6 Å². The number of allylic oxidation sites excluding steroid dienone is 2. The van der Waals surface area contributed by atoms with Crippen molar-refractivity contribution in [2.45, 2.75) is 12.3 Å². The summed E-state index contributed by atoms with van der Waals surface area (Å²) in [5, 5.41) is 5.68. The second kappa shape index (κ2) is 3.21. The first-order chi connectivity index (χ1) is 9.42. The minimum absolute atomic E-state index is 0.466. The van der Waals surface area contributed by atoms with Crippen molar-refractivity contribution in [3.05, 3.63) is 77.7 Å². The molecule has 0 aromatic heterocycles. The maximum absolute atomic E-state index is 2.42. The van der Waals surface area contributed by atoms with Gasteiger partial charge >= 0.3 is 0 Å². The van der Waals surface area contributed by atoms with Gasteiger partial charge in [-0.2, -0.15) is 0 Å². The molecular formula is C19H13+. The Kier molecular flexibility index (Phi) is 1.64. The Morgan fingerprint density at radius 3 is 2.68 bits per heavy atom. The van der Waals surface area contributed by atoms with Crippen LogP contribution in [-0.2, 0) is 6.42 Å². The fourth-order valence-electron chi connectivity index (χ4n) is 3.76. The van der Waals surface area contributed by atoms with Crippen molar-refractivity contribution in [2.75, 3.05) is 0 Å². The molecule has 0 spiro atoms. The molecule has 0 saturated carbocycles. The van der Waals surface area contributed by atoms with Crippen molar-refractivity contribution in [3.63, 3.8) is 0 Å². The Bertz CT molecular complexity index is 868. The largest absolute Gasteiger partial charge is 0.139 e. The predicted molar refractivity (Wildman–Crippen MR) is 80.4 cm³/mol. The highest BCUT2D eigenvalue weighted by Gasteiger charge is 2.31. The molecule has 19 heavy (non-hydrogen) atoms. The van der Waals surface area contributed by atoms with E-state index in [9.17, 15) is 0 Å². The van der Waals surface area contributed by atoms with Gasteiger partial charge in [0.2, 0.25) is 0 Å². The molecule has 1 atom stereocenters. The van der Waals surface area contributed by atoms with Crippen LogP contribution < -0.4 is 0 Å². The van der Waals surface area contributed by atoms with E-state index in [-0.39, 0.29) is 0 Å². The van der Waals surface area contributed by atoms with Gasteiger partial charge in [0.1, 0.15) is 5.56 Å². The van der Waals surface area contributed by atoms with Gasteiger partial charge in [-0.15, -0.1) is 0 Å². The molecule has 0 heterocycles. The average molecular weight is 241 g/mol. The van der Waals surface area contributed by atoms with E-state index in [1.54, 1.807) is 5.56 Å². The van der Waals surface area contributed by atoms with Gasteiger partial charge in [0.15, 0.2) is 0 Å². The monoisotopic (exact) mass is 241 g/mol. The smallest absolute Gasteiger partial charge is 0.0820 e. The van der Waals surface area contributed by atoms with E-state index >= 15 is 0 Å². The summed E-state index contributed by atoms with van der Waals surface area (Å²) < 4.78 is 0. The highest BCUT2D eigenvalue weighted by Crippen LogP contribution is 2.45. The molecule has 3 aromatic carbocycles. The highest BCUT2D eigenvalue weighted by atomic mass is 14.3. The lowest BCUT2D eigenvalue weighted by Crippen LogP contribution is -2.11. The molecule has 2 aliphatic rings. The van der Waals surface area contributed by atoms with Gasteiger partial charge in [-0.05, 0) is 35.6 Å². The normalized spacial score (nSPS) is 19.1. The lowest BCUT2D eigenvalue weighted by Gasteiger charge is -2.24. The van der Waals surface area contributed by atoms with E-state index in [1.165, 1.54) is 32.7 Å². The molecule has 5 rings (SSSR count). The molecule has 0 amide bonds. The van der Waals surface area contributed by atoms with Crippen molar-refractivity contribution in [1.29, 1.82) is 0 Å². The molecule has 0 N–H and O–H groups in total. The summed E-state index contributed by atoms with van der Waals surface area (Å²) in [7, 11) is 0. The Morgan fingerprint density at radius 2 is 1.74 bits per heavy atom. The minimum Gasteiger partial charge on any atom is -0.0820 e. The molecule has 88 valence electrons. The van der Waals surface area contributed by atoms with Crippen molar-refractivity contribution >= 4 is 21.5 Å². The van der Waals surface area contributed by atoms with Crippen LogP contribution in [0.3, 0.4) is 0 Å². The summed E-state index contributed by atoms with van der Waals surface area (Å²) in [4.78, 5) is 0. The van der Waals surface area contributed by atoms with E-state index in [0.29, 0.717) is 5.92 Å². The zero-order chi connectivity index (χ0) is 12.4. The van der Waals surface area contributed by atoms with E-state index in [1.807, 2.05) is 0 Å². The Hall–Kier alpha value is -2.21. The summed E-state index contributed by atoms with van der Waals surface area (Å²) in [5.41, 5.74) is 4.44. The third-order valence-corrected chi connectivity index (χ3v) is 4.56. The van der Waals surface area contributed by atoms with Crippen LogP contribution in [0.2, 0.25) is 0 Å². The van der Waals surface area contributed by atoms with E-state index in [4.69, 9.17) is 0 Å². The van der Waals surface area contributed by atoms with Crippen LogP contribution in [0.4, 0.5) is 0 Å². The Labute approximate surface area is 112 Å². The maximum Gasteiger partial charge on any atom is 0.139 e. The topological polar surface area (TPSA) is 0 Å². The van der Waals surface area contributed by atoms with Crippen molar-refractivity contribution < 1.29 is 0 Å². The van der Waals surface area contributed by atoms with Crippen molar-refractivity contribution in [3.8, 4) is 0 Å². The fourth-order valence-corrected chi connectivity index (χ4v) is 3.76. The molecule has 0 saturated heterocycles. The average Bonchev–Trinajstić information content (AvgIpc) is 2.47. The fraction of sp³-hybridized carbons (Fsp3) is 0.105. The van der Waals surface area contributed by atoms with Crippen molar-refractivity contribution in [2.24, 2.45) is 0 Å². The number of benzene rings is 3. The van der Waals surface area contributed by atoms with Gasteiger partial charge in [0.25, 0.3) is 0 Å². The van der Waals surface area contributed by atoms with Gasteiger partial charge in [-0.25, -0.2) is 0 Å². The van der Waals surface area contributed by atoms with Crippen molar-refractivity contribution in [1.82, 2.24) is 0 Å². The minimum atomic E-state index is 0.466. The number of rotatable bonds is 0. The maximum atomic E-state index is 2.42. The van der Waals surface area contributed by atoms with Crippen LogP contribution in [-0.4, -0.2) is 0 Å². The van der Waals surface area contributed by atoms with Gasteiger partial charge in [0.05, 0.1) is 16.7 Å². The first-order valence-corrected chi connectivity index (χ1v) is 6.90. The molecular weight excluding hydrogens is 228 g/mol. The van der Waals surface area contributed by atoms with Gasteiger partial charge in [0, 0.05) is 23.4 Å². The lowest BCUT2D eigenvalue weighted by atomic mass is 9.75. The Morgan fingerprint density at radius 1 is 0.895 bits per heavy atom. The SMILES string of the molecule is C1=CC2[CH+]c3cccc4ccc5ccc(c2c5c34)C1. The quantitative estimate of drug-likeness (QED) is 0.302. The van der Waals surface area contributed by atoms with Crippen LogP contribution in [0.5, 0.6) is 0 Å². The summed E-state index contributed by atoms with van der Waals surface area (Å²) >= 11 is 0. The lowest BCUT2D eigenvalue weighted by molar-refractivity contribution is 0.948. The third kappa shape index (κ3) is 1.12. The zero-order valence-corrected chi connectivity index (χ0v) is 10.6. The summed E-state index contributed by atoms with van der Waals surface area (Å²) in [6.45, 7) is 0. The van der Waals surface area contributed by atoms with Gasteiger partial charge in [-0.1, -0.05) is 30.4 Å². The predicted octanol–water partition coefficient (Wildman–Crippen LogP) is 4.75. The standard InChI is InChI=1S/C19H13/c1-3-12-7-9-14-10-8-13-4-2-6-16-11-15(5-1)17(12)19(14)18(13)16/h1-3,5-11,16H,4H2/q+1. The molecule has 1 unspecified atom stereocenters. The Balaban J connectivity index is 2.13. The van der Waals surface area contributed by atoms with Crippen LogP contribution >= 0.6 is 0 Å². The van der Waals surface area contributed by atoms with Crippen LogP contribution in [0, 0.1) is 6.42 Å². The van der Waals surface area contributed by atoms with E-state index < -0.39 is 0 Å². The second-order valence-corrected chi connectivity index (χ2v) is 5.57. The second-order valence-electron chi connectivity index (χ2n) is 5.57. The molecule has 0 bridgehead atoms. The van der Waals surface area contributed by atoms with Crippen LogP contribution in [0.1, 0.15) is 22.6 Å². The molecule has 0 radical (unpaired) electrons. The number of hydrogen-bond donors (Lipinski definition) is 0. The molecule has 0 aliphatic heterocycles. The first-order valence-electron chi connectivity index (χ1n) is 6.90. The first kappa shape index (κ1) is 9.69. The van der Waals surface area contributed by atoms with Gasteiger partial charge in [-0.3, -0.25) is 0 Å². The molecule has 2 aliphatic carbocycles. The molecule has 0 fully saturated rings. The van der Waals surface area contributed by atoms with Gasteiger partial charge < -0.3 is 0 Å². The zero-order valence-electron chi connectivity index (χ0n) is 10.6. The molecule has 0 nitrogen and oxygen atoms in total. The molecule has 3 aromatic rings. The highest BCUT2D eigenvalue weighted by molar-refractivity contribution is 6.13. The summed E-state index contributed by atoms with van der Waals surface area (Å²) in [6.07, 6.45) is 8.16. The number of hydrogen-bond acceptors (Lipinski definition) is 0. The summed E-state index contributed by atoms with van der Waals surface area (Å²) in [5.74, 6) is 0.466. The third-order valence-electron chi connectivity index (χ3n) is 4.56. The van der Waals surface area contributed by atoms with E-state index in [0.717, 1.165) is 6.42 Å². The van der Waals surface area contributed by atoms with Crippen LogP contribution in [0.25, 0.3) is 21.5 Å². The van der Waals surface area contributed by atoms with E-state index in [2.05, 4.69) is 61.0 Å². The molecule has 0 heteroatoms. The summed E-state index contributed by atoms with van der Waals surface area (Å²) in [6, 6.07) is 15.8.